The van der Waals surface area contributed by atoms with Gasteiger partial charge in [-0.2, -0.15) is 0 Å². The molecule has 3 nitrogen and oxygen atoms in total. The molecule has 1 heterocycles. The van der Waals surface area contributed by atoms with Crippen LogP contribution < -0.4 is 5.73 Å². The fraction of sp³-hybridized carbons (Fsp3) is 0.200. The van der Waals surface area contributed by atoms with Crippen LogP contribution in [-0.2, 0) is 6.42 Å². The first-order chi connectivity index (χ1) is 7.66. The van der Waals surface area contributed by atoms with Crippen LogP contribution in [0, 0.1) is 0 Å². The highest BCUT2D eigenvalue weighted by atomic mass is 79.9. The third kappa shape index (κ3) is 2.79. The molecule has 16 heavy (non-hydrogen) atoms. The molecule has 1 aromatic heterocycles. The monoisotopic (exact) mass is 317 g/mol. The van der Waals surface area contributed by atoms with Crippen LogP contribution in [0.15, 0.2) is 28.9 Å². The van der Waals surface area contributed by atoms with Gasteiger partial charge in [-0.05, 0) is 35.6 Å². The maximum atomic E-state index is 6.12. The first-order valence-electron chi connectivity index (χ1n) is 4.63. The zero-order valence-electron chi connectivity index (χ0n) is 8.23. The summed E-state index contributed by atoms with van der Waals surface area (Å²) in [6.07, 6.45) is 2.39. The molecule has 1 atom stereocenters. The predicted molar refractivity (Wildman–Crippen MR) is 69.7 cm³/mol. The number of benzene rings is 1. The van der Waals surface area contributed by atoms with Gasteiger partial charge in [0.1, 0.15) is 0 Å². The topological polar surface area (TPSA) is 51.8 Å². The third-order valence-corrected chi connectivity index (χ3v) is 3.84. The molecule has 1 aromatic carbocycles. The lowest BCUT2D eigenvalue weighted by atomic mass is 10.1. The van der Waals surface area contributed by atoms with Gasteiger partial charge in [-0.15, -0.1) is 5.10 Å². The number of rotatable bonds is 3. The summed E-state index contributed by atoms with van der Waals surface area (Å²) >= 11 is 10.8. The van der Waals surface area contributed by atoms with Crippen LogP contribution in [0.25, 0.3) is 0 Å². The zero-order valence-corrected chi connectivity index (χ0v) is 11.4. The molecule has 0 fully saturated rings. The molecule has 2 N–H and O–H groups in total. The van der Waals surface area contributed by atoms with E-state index in [9.17, 15) is 0 Å². The summed E-state index contributed by atoms with van der Waals surface area (Å²) in [6.45, 7) is 0. The third-order valence-electron chi connectivity index (χ3n) is 2.20. The van der Waals surface area contributed by atoms with E-state index in [1.54, 1.807) is 6.20 Å². The molecule has 0 amide bonds. The van der Waals surface area contributed by atoms with Crippen LogP contribution >= 0.6 is 39.1 Å². The maximum absolute atomic E-state index is 6.12. The Balaban J connectivity index is 2.15. The molecule has 2 aromatic rings. The minimum absolute atomic E-state index is 0.0984. The van der Waals surface area contributed by atoms with Crippen molar-refractivity contribution in [2.45, 2.75) is 12.5 Å². The van der Waals surface area contributed by atoms with E-state index in [2.05, 4.69) is 25.5 Å². The zero-order chi connectivity index (χ0) is 11.5. The molecule has 0 saturated carbocycles. The first kappa shape index (κ1) is 12.0. The van der Waals surface area contributed by atoms with Gasteiger partial charge in [-0.25, -0.2) is 0 Å². The molecule has 0 aliphatic rings. The van der Waals surface area contributed by atoms with Gasteiger partial charge < -0.3 is 5.73 Å². The van der Waals surface area contributed by atoms with Gasteiger partial charge >= 0.3 is 0 Å². The van der Waals surface area contributed by atoms with Gasteiger partial charge in [0.05, 0.1) is 11.1 Å². The average Bonchev–Trinajstić information content (AvgIpc) is 2.75. The lowest BCUT2D eigenvalue weighted by Gasteiger charge is -2.10. The number of halogens is 2. The number of nitrogens with two attached hydrogens (primary N) is 1. The van der Waals surface area contributed by atoms with Crippen molar-refractivity contribution in [3.8, 4) is 0 Å². The Morgan fingerprint density at radius 3 is 2.94 bits per heavy atom. The summed E-state index contributed by atoms with van der Waals surface area (Å²) in [4.78, 5) is 0.971. The minimum atomic E-state index is -0.0984. The van der Waals surface area contributed by atoms with Gasteiger partial charge in [0.25, 0.3) is 0 Å². The Morgan fingerprint density at radius 1 is 1.50 bits per heavy atom. The fourth-order valence-electron chi connectivity index (χ4n) is 1.36. The lowest BCUT2D eigenvalue weighted by molar-refractivity contribution is 0.734. The second-order valence-electron chi connectivity index (χ2n) is 3.37. The maximum Gasteiger partial charge on any atom is 0.0669 e. The number of hydrogen-bond acceptors (Lipinski definition) is 4. The van der Waals surface area contributed by atoms with Crippen LogP contribution in [-0.4, -0.2) is 9.59 Å². The lowest BCUT2D eigenvalue weighted by Crippen LogP contribution is -2.12. The van der Waals surface area contributed by atoms with Crippen molar-refractivity contribution in [1.82, 2.24) is 9.59 Å². The quantitative estimate of drug-likeness (QED) is 0.945. The van der Waals surface area contributed by atoms with Crippen molar-refractivity contribution in [2.75, 3.05) is 0 Å². The summed E-state index contributed by atoms with van der Waals surface area (Å²) < 4.78 is 4.76. The highest BCUT2D eigenvalue weighted by molar-refractivity contribution is 9.10. The Bertz CT molecular complexity index is 475. The van der Waals surface area contributed by atoms with Gasteiger partial charge in [-0.3, -0.25) is 0 Å². The van der Waals surface area contributed by atoms with E-state index in [-0.39, 0.29) is 6.04 Å². The summed E-state index contributed by atoms with van der Waals surface area (Å²) in [5, 5.41) is 4.49. The van der Waals surface area contributed by atoms with E-state index in [0.29, 0.717) is 6.42 Å². The molecule has 84 valence electrons. The second-order valence-corrected chi connectivity index (χ2v) is 5.51. The van der Waals surface area contributed by atoms with Crippen LogP contribution in [0.4, 0.5) is 0 Å². The molecule has 2 rings (SSSR count). The van der Waals surface area contributed by atoms with Crippen LogP contribution in [0.2, 0.25) is 5.02 Å². The Labute approximate surface area is 111 Å². The predicted octanol–water partition coefficient (Wildman–Crippen LogP) is 3.20. The standard InChI is InChI=1S/C10H9BrClN3S/c11-7-2-1-6(8(12)4-7)3-9(13)10-5-14-15-16-10/h1-2,4-5,9H,3,13H2. The summed E-state index contributed by atoms with van der Waals surface area (Å²) in [5.41, 5.74) is 7.07. The molecule has 0 saturated heterocycles. The second kappa shape index (κ2) is 5.23. The molecular weight excluding hydrogens is 310 g/mol. The highest BCUT2D eigenvalue weighted by Crippen LogP contribution is 2.25. The van der Waals surface area contributed by atoms with Crippen LogP contribution in [0.1, 0.15) is 16.5 Å². The number of hydrogen-bond donors (Lipinski definition) is 1. The van der Waals surface area contributed by atoms with E-state index in [1.165, 1.54) is 11.5 Å². The minimum Gasteiger partial charge on any atom is -0.323 e. The van der Waals surface area contributed by atoms with Gasteiger partial charge in [-0.1, -0.05) is 38.1 Å². The smallest absolute Gasteiger partial charge is 0.0669 e. The van der Waals surface area contributed by atoms with E-state index in [1.807, 2.05) is 18.2 Å². The molecule has 0 radical (unpaired) electrons. The van der Waals surface area contributed by atoms with Gasteiger partial charge in [0, 0.05) is 15.5 Å². The van der Waals surface area contributed by atoms with Crippen LogP contribution in [0.5, 0.6) is 0 Å². The van der Waals surface area contributed by atoms with E-state index in [4.69, 9.17) is 17.3 Å². The van der Waals surface area contributed by atoms with Crippen molar-refractivity contribution in [2.24, 2.45) is 5.73 Å². The average molecular weight is 319 g/mol. The molecule has 6 heteroatoms. The summed E-state index contributed by atoms with van der Waals surface area (Å²) in [7, 11) is 0. The Hall–Kier alpha value is -0.490. The van der Waals surface area contributed by atoms with E-state index < -0.39 is 0 Å². The molecule has 1 unspecified atom stereocenters. The van der Waals surface area contributed by atoms with E-state index in [0.717, 1.165) is 19.9 Å². The van der Waals surface area contributed by atoms with E-state index >= 15 is 0 Å². The SMILES string of the molecule is NC(Cc1ccc(Br)cc1Cl)c1cnns1. The van der Waals surface area contributed by atoms with Gasteiger partial charge in [0.2, 0.25) is 0 Å². The molecule has 0 aliphatic carbocycles. The van der Waals surface area contributed by atoms with Crippen LogP contribution in [0.3, 0.4) is 0 Å². The summed E-state index contributed by atoms with van der Waals surface area (Å²) in [6, 6.07) is 5.70. The highest BCUT2D eigenvalue weighted by Gasteiger charge is 2.11. The summed E-state index contributed by atoms with van der Waals surface area (Å²) in [5.74, 6) is 0. The molecule has 0 spiro atoms. The van der Waals surface area contributed by atoms with Gasteiger partial charge in [0.15, 0.2) is 0 Å². The molecule has 0 bridgehead atoms. The Kier molecular flexibility index (Phi) is 3.91. The fourth-order valence-corrected chi connectivity index (χ4v) is 2.62. The number of aromatic nitrogens is 2. The normalized spacial score (nSPS) is 12.7. The van der Waals surface area contributed by atoms with Crippen molar-refractivity contribution < 1.29 is 0 Å². The van der Waals surface area contributed by atoms with Crippen molar-refractivity contribution in [3.63, 3.8) is 0 Å². The van der Waals surface area contributed by atoms with Crippen molar-refractivity contribution in [1.29, 1.82) is 0 Å². The Morgan fingerprint density at radius 2 is 2.31 bits per heavy atom. The largest absolute Gasteiger partial charge is 0.323 e. The first-order valence-corrected chi connectivity index (χ1v) is 6.58. The molecular formula is C10H9BrClN3S. The van der Waals surface area contributed by atoms with Crippen molar-refractivity contribution in [3.05, 3.63) is 44.3 Å². The number of nitrogens with zero attached hydrogens (tertiary/aromatic N) is 2. The van der Waals surface area contributed by atoms with Crippen molar-refractivity contribution >= 4 is 39.1 Å². The molecule has 0 aliphatic heterocycles.